The van der Waals surface area contributed by atoms with Gasteiger partial charge in [-0.25, -0.2) is 0 Å². The number of hydrogen-bond acceptors (Lipinski definition) is 3. The summed E-state index contributed by atoms with van der Waals surface area (Å²) in [5.41, 5.74) is 5.09. The Morgan fingerprint density at radius 1 is 0.618 bits per heavy atom. The molecule has 1 aliphatic rings. The van der Waals surface area contributed by atoms with Gasteiger partial charge in [0.25, 0.3) is 5.91 Å². The highest BCUT2D eigenvalue weighted by atomic mass is 16.2. The van der Waals surface area contributed by atoms with E-state index in [-0.39, 0.29) is 11.9 Å². The van der Waals surface area contributed by atoms with Gasteiger partial charge in [0.05, 0.1) is 17.3 Å². The minimum Gasteiger partial charge on any atom is -0.355 e. The molecule has 4 aromatic carbocycles. The van der Waals surface area contributed by atoms with Crippen molar-refractivity contribution in [3.63, 3.8) is 0 Å². The molecule has 1 saturated heterocycles. The molecule has 4 heteroatoms. The Labute approximate surface area is 201 Å². The van der Waals surface area contributed by atoms with Crippen LogP contribution in [0.1, 0.15) is 27.5 Å². The summed E-state index contributed by atoms with van der Waals surface area (Å²) >= 11 is 0. The number of rotatable bonds is 6. The summed E-state index contributed by atoms with van der Waals surface area (Å²) in [6.45, 7) is 3.06. The first-order valence-corrected chi connectivity index (χ1v) is 11.8. The molecule has 5 rings (SSSR count). The fraction of sp³-hybridized carbons (Fsp3) is 0.167. The second kappa shape index (κ2) is 10.4. The van der Waals surface area contributed by atoms with Crippen molar-refractivity contribution in [1.82, 2.24) is 9.80 Å². The second-order valence-corrected chi connectivity index (χ2v) is 8.59. The number of amides is 1. The van der Waals surface area contributed by atoms with E-state index < -0.39 is 0 Å². The quantitative estimate of drug-likeness (QED) is 0.395. The molecule has 0 aliphatic carbocycles. The van der Waals surface area contributed by atoms with Gasteiger partial charge in [-0.2, -0.15) is 0 Å². The first-order chi connectivity index (χ1) is 16.8. The van der Waals surface area contributed by atoms with Gasteiger partial charge in [-0.3, -0.25) is 9.69 Å². The highest BCUT2D eigenvalue weighted by Gasteiger charge is 2.29. The van der Waals surface area contributed by atoms with Gasteiger partial charge in [-0.1, -0.05) is 91.0 Å². The van der Waals surface area contributed by atoms with Crippen LogP contribution in [0, 0.1) is 0 Å². The first-order valence-electron chi connectivity index (χ1n) is 11.8. The number of benzene rings is 4. The summed E-state index contributed by atoms with van der Waals surface area (Å²) in [6.07, 6.45) is 0. The molecule has 1 fully saturated rings. The van der Waals surface area contributed by atoms with E-state index in [9.17, 15) is 4.79 Å². The average molecular weight is 448 g/mol. The van der Waals surface area contributed by atoms with Crippen LogP contribution in [0.25, 0.3) is 0 Å². The van der Waals surface area contributed by atoms with E-state index in [0.29, 0.717) is 18.7 Å². The summed E-state index contributed by atoms with van der Waals surface area (Å²) in [7, 11) is 0. The molecule has 4 aromatic rings. The van der Waals surface area contributed by atoms with Crippen LogP contribution in [0.3, 0.4) is 0 Å². The number of piperazine rings is 1. The maximum absolute atomic E-state index is 13.5. The fourth-order valence-electron chi connectivity index (χ4n) is 4.69. The molecule has 0 aromatic heterocycles. The van der Waals surface area contributed by atoms with Crippen molar-refractivity contribution in [3.05, 3.63) is 132 Å². The topological polar surface area (TPSA) is 35.6 Å². The van der Waals surface area contributed by atoms with Crippen molar-refractivity contribution in [2.75, 3.05) is 31.5 Å². The van der Waals surface area contributed by atoms with E-state index in [1.54, 1.807) is 0 Å². The van der Waals surface area contributed by atoms with Crippen LogP contribution in [0.4, 0.5) is 11.4 Å². The van der Waals surface area contributed by atoms with E-state index in [4.69, 9.17) is 0 Å². The number of para-hydroxylation sites is 2. The first kappa shape index (κ1) is 21.9. The summed E-state index contributed by atoms with van der Waals surface area (Å²) in [5.74, 6) is 0.0784. The van der Waals surface area contributed by atoms with E-state index in [0.717, 1.165) is 24.5 Å². The molecule has 1 amide bonds. The van der Waals surface area contributed by atoms with Crippen LogP contribution in [0.15, 0.2) is 115 Å². The van der Waals surface area contributed by atoms with E-state index in [1.807, 2.05) is 59.5 Å². The summed E-state index contributed by atoms with van der Waals surface area (Å²) in [4.78, 5) is 18.0. The Bertz CT molecular complexity index is 1160. The van der Waals surface area contributed by atoms with E-state index in [2.05, 4.69) is 70.9 Å². The number of carbonyl (C=O) groups excluding carboxylic acids is 1. The monoisotopic (exact) mass is 447 g/mol. The number of anilines is 2. The molecule has 0 bridgehead atoms. The maximum atomic E-state index is 13.5. The molecule has 1 aliphatic heterocycles. The molecule has 1 N–H and O–H groups in total. The Morgan fingerprint density at radius 2 is 1.12 bits per heavy atom. The number of hydrogen-bond donors (Lipinski definition) is 1. The SMILES string of the molecule is O=C(c1ccccc1Nc1ccccc1)N1CCN(C(c2ccccc2)c2ccccc2)CC1. The lowest BCUT2D eigenvalue weighted by atomic mass is 9.96. The van der Waals surface area contributed by atoms with Crippen LogP contribution >= 0.6 is 0 Å². The Kier molecular flexibility index (Phi) is 6.68. The van der Waals surface area contributed by atoms with E-state index in [1.165, 1.54) is 11.1 Å². The minimum absolute atomic E-state index is 0.0784. The molecule has 0 unspecified atom stereocenters. The largest absolute Gasteiger partial charge is 0.355 e. The van der Waals surface area contributed by atoms with Gasteiger partial charge in [0.1, 0.15) is 0 Å². The van der Waals surface area contributed by atoms with E-state index >= 15 is 0 Å². The number of nitrogens with zero attached hydrogens (tertiary/aromatic N) is 2. The van der Waals surface area contributed by atoms with Gasteiger partial charge < -0.3 is 10.2 Å². The summed E-state index contributed by atoms with van der Waals surface area (Å²) in [5, 5.41) is 3.40. The Balaban J connectivity index is 1.32. The molecule has 0 saturated carbocycles. The highest BCUT2D eigenvalue weighted by molar-refractivity contribution is 6.00. The molecular formula is C30H29N3O. The van der Waals surface area contributed by atoms with Gasteiger partial charge in [0, 0.05) is 31.9 Å². The molecular weight excluding hydrogens is 418 g/mol. The summed E-state index contributed by atoms with van der Waals surface area (Å²) in [6, 6.07) is 39.2. The third-order valence-corrected chi connectivity index (χ3v) is 6.41. The van der Waals surface area contributed by atoms with Crippen LogP contribution in [-0.4, -0.2) is 41.9 Å². The predicted octanol–water partition coefficient (Wildman–Crippen LogP) is 5.98. The minimum atomic E-state index is 0.0784. The number of nitrogens with one attached hydrogen (secondary N) is 1. The summed E-state index contributed by atoms with van der Waals surface area (Å²) < 4.78 is 0. The van der Waals surface area contributed by atoms with Gasteiger partial charge in [0.2, 0.25) is 0 Å². The molecule has 4 nitrogen and oxygen atoms in total. The van der Waals surface area contributed by atoms with Gasteiger partial charge >= 0.3 is 0 Å². The van der Waals surface area contributed by atoms with Crippen LogP contribution in [0.5, 0.6) is 0 Å². The smallest absolute Gasteiger partial charge is 0.256 e. The lowest BCUT2D eigenvalue weighted by molar-refractivity contribution is 0.0598. The van der Waals surface area contributed by atoms with Crippen LogP contribution in [0.2, 0.25) is 0 Å². The van der Waals surface area contributed by atoms with Crippen LogP contribution in [-0.2, 0) is 0 Å². The third-order valence-electron chi connectivity index (χ3n) is 6.41. The van der Waals surface area contributed by atoms with Crippen molar-refractivity contribution in [1.29, 1.82) is 0 Å². The zero-order chi connectivity index (χ0) is 23.2. The third kappa shape index (κ3) is 4.87. The molecule has 34 heavy (non-hydrogen) atoms. The standard InChI is InChI=1S/C30H29N3O/c34-30(27-18-10-11-19-28(27)31-26-16-8-3-9-17-26)33-22-20-32(21-23-33)29(24-12-4-1-5-13-24)25-14-6-2-7-15-25/h1-19,29,31H,20-23H2. The van der Waals surface area contributed by atoms with Crippen molar-refractivity contribution in [3.8, 4) is 0 Å². The second-order valence-electron chi connectivity index (χ2n) is 8.59. The maximum Gasteiger partial charge on any atom is 0.256 e. The zero-order valence-electron chi connectivity index (χ0n) is 19.2. The highest BCUT2D eigenvalue weighted by Crippen LogP contribution is 2.30. The van der Waals surface area contributed by atoms with Gasteiger partial charge in [-0.05, 0) is 35.4 Å². The van der Waals surface area contributed by atoms with Crippen LogP contribution < -0.4 is 5.32 Å². The van der Waals surface area contributed by atoms with Gasteiger partial charge in [0.15, 0.2) is 0 Å². The van der Waals surface area contributed by atoms with Crippen molar-refractivity contribution < 1.29 is 4.79 Å². The molecule has 0 radical (unpaired) electrons. The lowest BCUT2D eigenvalue weighted by Gasteiger charge is -2.40. The lowest BCUT2D eigenvalue weighted by Crippen LogP contribution is -2.50. The Morgan fingerprint density at radius 3 is 1.71 bits per heavy atom. The van der Waals surface area contributed by atoms with Crippen molar-refractivity contribution >= 4 is 17.3 Å². The average Bonchev–Trinajstić information content (AvgIpc) is 2.91. The normalized spacial score (nSPS) is 14.2. The molecule has 1 heterocycles. The zero-order valence-corrected chi connectivity index (χ0v) is 19.2. The van der Waals surface area contributed by atoms with Crippen molar-refractivity contribution in [2.45, 2.75) is 6.04 Å². The molecule has 170 valence electrons. The predicted molar refractivity (Wildman–Crippen MR) is 138 cm³/mol. The Hall–Kier alpha value is -3.89. The van der Waals surface area contributed by atoms with Gasteiger partial charge in [-0.15, -0.1) is 0 Å². The van der Waals surface area contributed by atoms with Crippen molar-refractivity contribution in [2.24, 2.45) is 0 Å². The molecule has 0 atom stereocenters. The number of carbonyl (C=O) groups is 1. The fourth-order valence-corrected chi connectivity index (χ4v) is 4.69. The molecule has 0 spiro atoms.